The van der Waals surface area contributed by atoms with Crippen molar-refractivity contribution in [2.45, 2.75) is 28.0 Å². The minimum atomic E-state index is -1.60. The maximum Gasteiger partial charge on any atom is 0.241 e. The Morgan fingerprint density at radius 1 is 1.18 bits per heavy atom. The van der Waals surface area contributed by atoms with E-state index >= 15 is 0 Å². The van der Waals surface area contributed by atoms with Crippen molar-refractivity contribution in [1.82, 2.24) is 5.32 Å². The summed E-state index contributed by atoms with van der Waals surface area (Å²) in [6, 6.07) is 16.7. The lowest BCUT2D eigenvalue weighted by atomic mass is 9.91. The van der Waals surface area contributed by atoms with Gasteiger partial charge in [0.25, 0.3) is 0 Å². The van der Waals surface area contributed by atoms with Gasteiger partial charge >= 0.3 is 0 Å². The summed E-state index contributed by atoms with van der Waals surface area (Å²) < 4.78 is 17.7. The van der Waals surface area contributed by atoms with Gasteiger partial charge in [0.1, 0.15) is 5.75 Å². The van der Waals surface area contributed by atoms with Crippen LogP contribution >= 0.6 is 11.6 Å². The number of ether oxygens (including phenoxy) is 1. The molecule has 0 radical (unpaired) electrons. The molecule has 1 fully saturated rings. The molecule has 1 amide bonds. The molecule has 2 bridgehead atoms. The third kappa shape index (κ3) is 3.07. The van der Waals surface area contributed by atoms with Gasteiger partial charge in [0.05, 0.1) is 23.3 Å². The summed E-state index contributed by atoms with van der Waals surface area (Å²) in [5.41, 5.74) is 0.992. The second-order valence-corrected chi connectivity index (χ2v) is 9.35. The van der Waals surface area contributed by atoms with Gasteiger partial charge in [0.2, 0.25) is 5.91 Å². The average molecular weight is 416 g/mol. The first-order valence-corrected chi connectivity index (χ1v) is 10.9. The highest BCUT2D eigenvalue weighted by Gasteiger charge is 2.64. The van der Waals surface area contributed by atoms with Crippen molar-refractivity contribution >= 4 is 28.3 Å². The summed E-state index contributed by atoms with van der Waals surface area (Å²) in [7, 11) is -0.0127. The number of rotatable bonds is 6. The van der Waals surface area contributed by atoms with Gasteiger partial charge in [-0.2, -0.15) is 0 Å². The zero-order valence-electron chi connectivity index (χ0n) is 15.5. The molecule has 0 heterocycles. The molecule has 0 aromatic heterocycles. The van der Waals surface area contributed by atoms with E-state index in [0.717, 1.165) is 12.0 Å². The Kier molecular flexibility index (Phi) is 5.30. The SMILES string of the molecule is COc1ccc(S(=O)[C@@]2(C(=O)NCc3ccccc3)[C@@H]3C=C[C@@H](C3)[C@H]2Cl)cc1. The summed E-state index contributed by atoms with van der Waals surface area (Å²) in [6.45, 7) is 0.381. The number of alkyl halides is 1. The van der Waals surface area contributed by atoms with E-state index in [2.05, 4.69) is 11.4 Å². The van der Waals surface area contributed by atoms with E-state index in [1.807, 2.05) is 36.4 Å². The molecule has 1 saturated carbocycles. The first kappa shape index (κ1) is 19.2. The van der Waals surface area contributed by atoms with Crippen molar-refractivity contribution in [3.63, 3.8) is 0 Å². The number of hydrogen-bond acceptors (Lipinski definition) is 3. The summed E-state index contributed by atoms with van der Waals surface area (Å²) in [5.74, 6) is 0.357. The molecule has 28 heavy (non-hydrogen) atoms. The number of fused-ring (bicyclic) bond motifs is 2. The Labute approximate surface area is 172 Å². The van der Waals surface area contributed by atoms with E-state index in [1.165, 1.54) is 0 Å². The largest absolute Gasteiger partial charge is 0.497 e. The van der Waals surface area contributed by atoms with E-state index in [4.69, 9.17) is 16.3 Å². The van der Waals surface area contributed by atoms with Crippen LogP contribution in [0, 0.1) is 11.8 Å². The molecule has 5 atom stereocenters. The lowest BCUT2D eigenvalue weighted by Gasteiger charge is -2.36. The van der Waals surface area contributed by atoms with Crippen molar-refractivity contribution in [3.05, 3.63) is 72.3 Å². The van der Waals surface area contributed by atoms with Crippen LogP contribution in [0.1, 0.15) is 12.0 Å². The Morgan fingerprint density at radius 2 is 1.89 bits per heavy atom. The molecule has 4 nitrogen and oxygen atoms in total. The highest BCUT2D eigenvalue weighted by atomic mass is 35.5. The molecule has 4 rings (SSSR count). The highest BCUT2D eigenvalue weighted by Crippen LogP contribution is 2.53. The molecule has 0 aliphatic heterocycles. The number of benzene rings is 2. The number of methoxy groups -OCH3 is 1. The molecular weight excluding hydrogens is 394 g/mol. The summed E-state index contributed by atoms with van der Waals surface area (Å²) in [4.78, 5) is 14.0. The topological polar surface area (TPSA) is 55.4 Å². The second kappa shape index (κ2) is 7.72. The van der Waals surface area contributed by atoms with Gasteiger partial charge in [-0.15, -0.1) is 11.6 Å². The van der Waals surface area contributed by atoms with Gasteiger partial charge < -0.3 is 10.1 Å². The van der Waals surface area contributed by atoms with Gasteiger partial charge in [0.15, 0.2) is 4.75 Å². The molecule has 0 saturated heterocycles. The van der Waals surface area contributed by atoms with Crippen LogP contribution in [0.15, 0.2) is 71.6 Å². The number of carbonyl (C=O) groups excluding carboxylic acids is 1. The van der Waals surface area contributed by atoms with Gasteiger partial charge in [-0.3, -0.25) is 9.00 Å². The van der Waals surface area contributed by atoms with Crippen LogP contribution in [-0.4, -0.2) is 27.3 Å². The number of carbonyl (C=O) groups is 1. The Morgan fingerprint density at radius 3 is 2.50 bits per heavy atom. The predicted molar refractivity (Wildman–Crippen MR) is 111 cm³/mol. The molecule has 0 spiro atoms. The molecule has 2 aliphatic rings. The average Bonchev–Trinajstić information content (AvgIpc) is 3.33. The molecule has 2 aliphatic carbocycles. The van der Waals surface area contributed by atoms with E-state index in [-0.39, 0.29) is 17.7 Å². The first-order chi connectivity index (χ1) is 13.6. The minimum Gasteiger partial charge on any atom is -0.497 e. The Bertz CT molecular complexity index is 915. The number of nitrogens with one attached hydrogen (secondary N) is 1. The Hall–Kier alpha value is -2.11. The standard InChI is InChI=1S/C22H22ClNO3S/c1-27-18-9-11-19(12-10-18)28(26)22(17-8-7-16(13-17)20(22)23)21(25)24-14-15-5-3-2-4-6-15/h2-12,16-17,20H,13-14H2,1H3,(H,24,25)/t16-,17+,20+,22-,28?/m0/s1. The lowest BCUT2D eigenvalue weighted by molar-refractivity contribution is -0.124. The van der Waals surface area contributed by atoms with Crippen LogP contribution in [0.2, 0.25) is 0 Å². The minimum absolute atomic E-state index is 0.0661. The highest BCUT2D eigenvalue weighted by molar-refractivity contribution is 7.87. The van der Waals surface area contributed by atoms with Crippen molar-refractivity contribution in [2.75, 3.05) is 7.11 Å². The van der Waals surface area contributed by atoms with Crippen molar-refractivity contribution in [3.8, 4) is 5.75 Å². The molecule has 146 valence electrons. The number of amides is 1. The van der Waals surface area contributed by atoms with Crippen LogP contribution < -0.4 is 10.1 Å². The zero-order chi connectivity index (χ0) is 19.7. The quantitative estimate of drug-likeness (QED) is 0.578. The van der Waals surface area contributed by atoms with Crippen LogP contribution in [0.3, 0.4) is 0 Å². The number of hydrogen-bond donors (Lipinski definition) is 1. The third-order valence-corrected chi connectivity index (χ3v) is 8.54. The summed E-state index contributed by atoms with van der Waals surface area (Å²) in [6.07, 6.45) is 4.82. The van der Waals surface area contributed by atoms with Gasteiger partial charge in [-0.1, -0.05) is 42.5 Å². The fourth-order valence-corrected chi connectivity index (χ4v) is 6.75. The van der Waals surface area contributed by atoms with Crippen molar-refractivity contribution < 1.29 is 13.7 Å². The Balaban J connectivity index is 1.66. The summed E-state index contributed by atoms with van der Waals surface area (Å²) >= 11 is 6.78. The van der Waals surface area contributed by atoms with Crippen LogP contribution in [0.4, 0.5) is 0 Å². The first-order valence-electron chi connectivity index (χ1n) is 9.28. The van der Waals surface area contributed by atoms with Crippen LogP contribution in [0.25, 0.3) is 0 Å². The van der Waals surface area contributed by atoms with Gasteiger partial charge in [-0.05, 0) is 42.2 Å². The van der Waals surface area contributed by atoms with E-state index in [0.29, 0.717) is 17.2 Å². The molecule has 1 N–H and O–H groups in total. The molecule has 6 heteroatoms. The van der Waals surface area contributed by atoms with E-state index in [1.54, 1.807) is 31.4 Å². The van der Waals surface area contributed by atoms with E-state index in [9.17, 15) is 9.00 Å². The predicted octanol–water partition coefficient (Wildman–Crippen LogP) is 3.67. The summed E-state index contributed by atoms with van der Waals surface area (Å²) in [5, 5.41) is 2.48. The molecule has 1 unspecified atom stereocenters. The number of halogens is 1. The molecule has 2 aromatic carbocycles. The molecule has 2 aromatic rings. The van der Waals surface area contributed by atoms with E-state index < -0.39 is 20.9 Å². The second-order valence-electron chi connectivity index (χ2n) is 7.20. The monoisotopic (exact) mass is 415 g/mol. The van der Waals surface area contributed by atoms with Gasteiger partial charge in [-0.25, -0.2) is 0 Å². The zero-order valence-corrected chi connectivity index (χ0v) is 17.1. The van der Waals surface area contributed by atoms with Crippen LogP contribution in [0.5, 0.6) is 5.75 Å². The number of allylic oxidation sites excluding steroid dienone is 2. The van der Waals surface area contributed by atoms with Crippen molar-refractivity contribution in [2.24, 2.45) is 11.8 Å². The van der Waals surface area contributed by atoms with Crippen molar-refractivity contribution in [1.29, 1.82) is 0 Å². The fraction of sp³-hybridized carbons (Fsp3) is 0.318. The van der Waals surface area contributed by atoms with Gasteiger partial charge in [0, 0.05) is 17.4 Å². The fourth-order valence-electron chi connectivity index (χ4n) is 4.21. The smallest absolute Gasteiger partial charge is 0.241 e. The third-order valence-electron chi connectivity index (χ3n) is 5.68. The maximum absolute atomic E-state index is 13.7. The molecular formula is C22H22ClNO3S. The lowest BCUT2D eigenvalue weighted by Crippen LogP contribution is -2.58. The normalized spacial score (nSPS) is 28.9. The maximum atomic E-state index is 13.7. The van der Waals surface area contributed by atoms with Crippen LogP contribution in [-0.2, 0) is 22.1 Å².